The molecular weight excluding hydrogens is 98.1 g/mol. The van der Waals surface area contributed by atoms with Crippen molar-refractivity contribution in [2.45, 2.75) is 31.7 Å². The Hall–Kier alpha value is -0.0400. The lowest BCUT2D eigenvalue weighted by atomic mass is 9.96. The molecule has 0 aliphatic heterocycles. The highest BCUT2D eigenvalue weighted by Crippen LogP contribution is 2.43. The van der Waals surface area contributed by atoms with Gasteiger partial charge in [-0.3, -0.25) is 0 Å². The van der Waals surface area contributed by atoms with Gasteiger partial charge < -0.3 is 5.73 Å². The lowest BCUT2D eigenvalue weighted by Crippen LogP contribution is -2.26. The van der Waals surface area contributed by atoms with Gasteiger partial charge in [0, 0.05) is 6.04 Å². The molecule has 1 unspecified atom stereocenters. The van der Waals surface area contributed by atoms with E-state index in [2.05, 4.69) is 0 Å². The maximum Gasteiger partial charge on any atom is 0.00699 e. The van der Waals surface area contributed by atoms with Gasteiger partial charge in [-0.2, -0.15) is 0 Å². The summed E-state index contributed by atoms with van der Waals surface area (Å²) >= 11 is 0. The standard InChI is InChI=1S/C7H13N/c8-7-4-5-1-2-6(7)3-5/h5-7H,1-4,8H2/t5-,6?,7+/m0/s1. The highest BCUT2D eigenvalue weighted by Gasteiger charge is 2.36. The molecule has 0 aromatic carbocycles. The summed E-state index contributed by atoms with van der Waals surface area (Å²) in [7, 11) is 0. The van der Waals surface area contributed by atoms with E-state index in [1.54, 1.807) is 0 Å². The number of hydrogen-bond acceptors (Lipinski definition) is 1. The van der Waals surface area contributed by atoms with Crippen molar-refractivity contribution in [1.82, 2.24) is 0 Å². The maximum atomic E-state index is 5.82. The fraction of sp³-hybridized carbons (Fsp3) is 1.00. The van der Waals surface area contributed by atoms with Crippen LogP contribution in [0.25, 0.3) is 0 Å². The predicted molar refractivity (Wildman–Crippen MR) is 33.4 cm³/mol. The first kappa shape index (κ1) is 4.80. The zero-order chi connectivity index (χ0) is 5.56. The van der Waals surface area contributed by atoms with Crippen molar-refractivity contribution in [3.8, 4) is 0 Å². The molecule has 0 spiro atoms. The Morgan fingerprint density at radius 3 is 2.25 bits per heavy atom. The normalized spacial score (nSPS) is 52.9. The van der Waals surface area contributed by atoms with Gasteiger partial charge >= 0.3 is 0 Å². The molecule has 2 saturated carbocycles. The van der Waals surface area contributed by atoms with Crippen molar-refractivity contribution in [3.05, 3.63) is 0 Å². The summed E-state index contributed by atoms with van der Waals surface area (Å²) in [5, 5.41) is 0. The monoisotopic (exact) mass is 111 g/mol. The Kier molecular flexibility index (Phi) is 0.884. The number of rotatable bonds is 0. The Morgan fingerprint density at radius 2 is 2.00 bits per heavy atom. The third-order valence-electron chi connectivity index (χ3n) is 2.79. The molecule has 46 valence electrons. The predicted octanol–water partition coefficient (Wildman–Crippen LogP) is 1.13. The average Bonchev–Trinajstić information content (AvgIpc) is 2.23. The largest absolute Gasteiger partial charge is 0.327 e. The average molecular weight is 111 g/mol. The van der Waals surface area contributed by atoms with Crippen LogP contribution < -0.4 is 5.73 Å². The molecular formula is C7H13N. The van der Waals surface area contributed by atoms with Gasteiger partial charge in [-0.1, -0.05) is 6.42 Å². The van der Waals surface area contributed by atoms with Gasteiger partial charge in [0.2, 0.25) is 0 Å². The van der Waals surface area contributed by atoms with E-state index in [0.717, 1.165) is 11.8 Å². The van der Waals surface area contributed by atoms with Crippen molar-refractivity contribution in [2.75, 3.05) is 0 Å². The minimum absolute atomic E-state index is 0.578. The van der Waals surface area contributed by atoms with Crippen LogP contribution in [0.15, 0.2) is 0 Å². The first-order chi connectivity index (χ1) is 3.86. The Morgan fingerprint density at radius 1 is 1.12 bits per heavy atom. The van der Waals surface area contributed by atoms with Crippen LogP contribution in [0.3, 0.4) is 0 Å². The molecule has 0 amide bonds. The maximum absolute atomic E-state index is 5.82. The second-order valence-electron chi connectivity index (χ2n) is 3.34. The van der Waals surface area contributed by atoms with Gasteiger partial charge in [-0.05, 0) is 31.1 Å². The van der Waals surface area contributed by atoms with Gasteiger partial charge in [0.05, 0.1) is 0 Å². The molecule has 3 atom stereocenters. The lowest BCUT2D eigenvalue weighted by Gasteiger charge is -2.15. The van der Waals surface area contributed by atoms with E-state index in [0.29, 0.717) is 6.04 Å². The first-order valence-corrected chi connectivity index (χ1v) is 3.62. The van der Waals surface area contributed by atoms with Crippen molar-refractivity contribution in [3.63, 3.8) is 0 Å². The van der Waals surface area contributed by atoms with Crippen molar-refractivity contribution in [1.29, 1.82) is 0 Å². The summed E-state index contributed by atoms with van der Waals surface area (Å²) in [5.74, 6) is 1.94. The molecule has 2 fully saturated rings. The third kappa shape index (κ3) is 0.510. The molecule has 0 heterocycles. The first-order valence-electron chi connectivity index (χ1n) is 3.62. The fourth-order valence-electron chi connectivity index (χ4n) is 2.29. The third-order valence-corrected chi connectivity index (χ3v) is 2.79. The van der Waals surface area contributed by atoms with Crippen molar-refractivity contribution >= 4 is 0 Å². The number of fused-ring (bicyclic) bond motifs is 2. The highest BCUT2D eigenvalue weighted by molar-refractivity contribution is 4.91. The van der Waals surface area contributed by atoms with Crippen molar-refractivity contribution in [2.24, 2.45) is 17.6 Å². The molecule has 0 radical (unpaired) electrons. The molecule has 8 heavy (non-hydrogen) atoms. The van der Waals surface area contributed by atoms with Crippen LogP contribution in [0, 0.1) is 11.8 Å². The lowest BCUT2D eigenvalue weighted by molar-refractivity contribution is 0.418. The summed E-state index contributed by atoms with van der Waals surface area (Å²) in [6.07, 6.45) is 5.66. The number of nitrogens with two attached hydrogens (primary N) is 1. The van der Waals surface area contributed by atoms with E-state index in [4.69, 9.17) is 5.73 Å². The molecule has 1 nitrogen and oxygen atoms in total. The van der Waals surface area contributed by atoms with E-state index in [1.807, 2.05) is 0 Å². The van der Waals surface area contributed by atoms with Crippen LogP contribution in [-0.4, -0.2) is 6.04 Å². The molecule has 1 heteroatoms. The Bertz CT molecular complexity index is 98.6. The molecule has 0 aromatic rings. The molecule has 2 aliphatic carbocycles. The van der Waals surface area contributed by atoms with Crippen LogP contribution in [0.5, 0.6) is 0 Å². The second-order valence-corrected chi connectivity index (χ2v) is 3.34. The van der Waals surface area contributed by atoms with E-state index in [1.165, 1.54) is 25.7 Å². The fourth-order valence-corrected chi connectivity index (χ4v) is 2.29. The van der Waals surface area contributed by atoms with Gasteiger partial charge in [0.25, 0.3) is 0 Å². The Balaban J connectivity index is 2.11. The molecule has 2 aliphatic rings. The smallest absolute Gasteiger partial charge is 0.00699 e. The van der Waals surface area contributed by atoms with Gasteiger partial charge in [-0.15, -0.1) is 0 Å². The van der Waals surface area contributed by atoms with Gasteiger partial charge in [0.1, 0.15) is 0 Å². The summed E-state index contributed by atoms with van der Waals surface area (Å²) in [6.45, 7) is 0. The topological polar surface area (TPSA) is 26.0 Å². The molecule has 2 N–H and O–H groups in total. The van der Waals surface area contributed by atoms with Crippen LogP contribution in [0.4, 0.5) is 0 Å². The number of hydrogen-bond donors (Lipinski definition) is 1. The van der Waals surface area contributed by atoms with E-state index >= 15 is 0 Å². The summed E-state index contributed by atoms with van der Waals surface area (Å²) in [5.41, 5.74) is 5.82. The minimum Gasteiger partial charge on any atom is -0.327 e. The van der Waals surface area contributed by atoms with Gasteiger partial charge in [-0.25, -0.2) is 0 Å². The van der Waals surface area contributed by atoms with Crippen LogP contribution in [0.1, 0.15) is 25.7 Å². The molecule has 2 rings (SSSR count). The van der Waals surface area contributed by atoms with E-state index < -0.39 is 0 Å². The van der Waals surface area contributed by atoms with Crippen LogP contribution >= 0.6 is 0 Å². The van der Waals surface area contributed by atoms with Crippen molar-refractivity contribution < 1.29 is 0 Å². The Labute approximate surface area is 50.3 Å². The SMILES string of the molecule is N[C@@H]1C[C@H]2CCC1C2. The van der Waals surface area contributed by atoms with E-state index in [9.17, 15) is 0 Å². The summed E-state index contributed by atoms with van der Waals surface area (Å²) in [6, 6.07) is 0.578. The minimum atomic E-state index is 0.578. The summed E-state index contributed by atoms with van der Waals surface area (Å²) < 4.78 is 0. The summed E-state index contributed by atoms with van der Waals surface area (Å²) in [4.78, 5) is 0. The highest BCUT2D eigenvalue weighted by atomic mass is 14.7. The molecule has 0 saturated heterocycles. The quantitative estimate of drug-likeness (QED) is 0.498. The van der Waals surface area contributed by atoms with Crippen LogP contribution in [0.2, 0.25) is 0 Å². The molecule has 2 bridgehead atoms. The van der Waals surface area contributed by atoms with E-state index in [-0.39, 0.29) is 0 Å². The molecule has 0 aromatic heterocycles. The second kappa shape index (κ2) is 1.47. The van der Waals surface area contributed by atoms with Crippen LogP contribution in [-0.2, 0) is 0 Å². The zero-order valence-corrected chi connectivity index (χ0v) is 5.14. The zero-order valence-electron chi connectivity index (χ0n) is 5.14. The van der Waals surface area contributed by atoms with Gasteiger partial charge in [0.15, 0.2) is 0 Å².